The quantitative estimate of drug-likeness (QED) is 0.769. The Kier molecular flexibility index (Phi) is 4.55. The second kappa shape index (κ2) is 5.55. The summed E-state index contributed by atoms with van der Waals surface area (Å²) in [5.74, 6) is -0.778. The van der Waals surface area contributed by atoms with E-state index in [4.69, 9.17) is 5.11 Å². The molecule has 1 aliphatic rings. The molecule has 1 fully saturated rings. The Morgan fingerprint density at radius 2 is 2.06 bits per heavy atom. The summed E-state index contributed by atoms with van der Waals surface area (Å²) in [5, 5.41) is 9.00. The van der Waals surface area contributed by atoms with Crippen molar-refractivity contribution in [2.45, 2.75) is 32.7 Å². The van der Waals surface area contributed by atoms with Gasteiger partial charge in [0, 0.05) is 6.54 Å². The van der Waals surface area contributed by atoms with E-state index in [0.717, 1.165) is 4.90 Å². The predicted octanol–water partition coefficient (Wildman–Crippen LogP) is 0.231. The first kappa shape index (κ1) is 14.7. The smallest absolute Gasteiger partial charge is 0.407 e. The minimum atomic E-state index is -3.65. The molecule has 8 heteroatoms. The number of amides is 2. The van der Waals surface area contributed by atoms with Crippen LogP contribution in [0.4, 0.5) is 4.79 Å². The SMILES string of the molecule is CCS(=O)(=O)NC(=O)[C@H]1CC(C)CCN1C(=O)O. The highest BCUT2D eigenvalue weighted by Crippen LogP contribution is 2.22. The summed E-state index contributed by atoms with van der Waals surface area (Å²) in [6, 6.07) is -0.924. The second-order valence-corrected chi connectivity index (χ2v) is 6.50. The number of nitrogens with zero attached hydrogens (tertiary/aromatic N) is 1. The Hall–Kier alpha value is -1.31. The molecule has 0 saturated carbocycles. The Balaban J connectivity index is 2.82. The van der Waals surface area contributed by atoms with E-state index in [0.29, 0.717) is 12.8 Å². The van der Waals surface area contributed by atoms with E-state index in [1.54, 1.807) is 0 Å². The van der Waals surface area contributed by atoms with Crippen molar-refractivity contribution in [3.63, 3.8) is 0 Å². The predicted molar refractivity (Wildman–Crippen MR) is 64.5 cm³/mol. The van der Waals surface area contributed by atoms with Crippen LogP contribution in [0.5, 0.6) is 0 Å². The van der Waals surface area contributed by atoms with Gasteiger partial charge in [-0.3, -0.25) is 14.4 Å². The fourth-order valence-electron chi connectivity index (χ4n) is 1.91. The molecule has 1 heterocycles. The summed E-state index contributed by atoms with van der Waals surface area (Å²) in [6.07, 6.45) is -0.176. The second-order valence-electron chi connectivity index (χ2n) is 4.49. The molecule has 0 radical (unpaired) electrons. The molecule has 0 bridgehead atoms. The zero-order valence-electron chi connectivity index (χ0n) is 10.4. The third-order valence-corrected chi connectivity index (χ3v) is 4.32. The summed E-state index contributed by atoms with van der Waals surface area (Å²) < 4.78 is 24.5. The summed E-state index contributed by atoms with van der Waals surface area (Å²) in [5.41, 5.74) is 0. The van der Waals surface area contributed by atoms with Crippen molar-refractivity contribution in [2.24, 2.45) is 5.92 Å². The van der Waals surface area contributed by atoms with Crippen molar-refractivity contribution in [2.75, 3.05) is 12.3 Å². The lowest BCUT2D eigenvalue weighted by molar-refractivity contribution is -0.125. The first-order valence-corrected chi connectivity index (χ1v) is 7.46. The Morgan fingerprint density at radius 3 is 2.56 bits per heavy atom. The number of piperidine rings is 1. The summed E-state index contributed by atoms with van der Waals surface area (Å²) in [7, 11) is -3.65. The van der Waals surface area contributed by atoms with Gasteiger partial charge in [-0.25, -0.2) is 13.2 Å². The first-order chi connectivity index (χ1) is 8.26. The molecule has 0 aromatic carbocycles. The van der Waals surface area contributed by atoms with Gasteiger partial charge in [-0.2, -0.15) is 0 Å². The van der Waals surface area contributed by atoms with Crippen LogP contribution in [0, 0.1) is 5.92 Å². The maximum absolute atomic E-state index is 11.8. The van der Waals surface area contributed by atoms with Crippen molar-refractivity contribution in [1.82, 2.24) is 9.62 Å². The van der Waals surface area contributed by atoms with E-state index >= 15 is 0 Å². The number of carbonyl (C=O) groups is 2. The van der Waals surface area contributed by atoms with E-state index in [1.165, 1.54) is 6.92 Å². The van der Waals surface area contributed by atoms with Crippen LogP contribution in [0.2, 0.25) is 0 Å². The summed E-state index contributed by atoms with van der Waals surface area (Å²) >= 11 is 0. The van der Waals surface area contributed by atoms with Crippen LogP contribution in [0.25, 0.3) is 0 Å². The van der Waals surface area contributed by atoms with Crippen molar-refractivity contribution >= 4 is 22.0 Å². The van der Waals surface area contributed by atoms with Gasteiger partial charge in [-0.1, -0.05) is 6.92 Å². The molecule has 104 valence electrons. The van der Waals surface area contributed by atoms with E-state index in [1.807, 2.05) is 11.6 Å². The number of sulfonamides is 1. The third-order valence-electron chi connectivity index (χ3n) is 3.05. The monoisotopic (exact) mass is 278 g/mol. The van der Waals surface area contributed by atoms with Crippen LogP contribution in [0.15, 0.2) is 0 Å². The molecule has 1 unspecified atom stereocenters. The summed E-state index contributed by atoms with van der Waals surface area (Å²) in [4.78, 5) is 23.8. The van der Waals surface area contributed by atoms with Gasteiger partial charge in [-0.15, -0.1) is 0 Å². The van der Waals surface area contributed by atoms with Crippen LogP contribution in [-0.2, 0) is 14.8 Å². The number of likely N-dealkylation sites (tertiary alicyclic amines) is 1. The zero-order valence-corrected chi connectivity index (χ0v) is 11.2. The van der Waals surface area contributed by atoms with Crippen LogP contribution in [0.3, 0.4) is 0 Å². The third kappa shape index (κ3) is 3.59. The maximum atomic E-state index is 11.8. The number of carbonyl (C=O) groups excluding carboxylic acids is 1. The minimum Gasteiger partial charge on any atom is -0.465 e. The standard InChI is InChI=1S/C10H18N2O5S/c1-3-18(16,17)11-9(13)8-6-7(2)4-5-12(8)10(14)15/h7-8H,3-6H2,1-2H3,(H,11,13)(H,14,15)/t7?,8-/m1/s1. The highest BCUT2D eigenvalue weighted by atomic mass is 32.2. The van der Waals surface area contributed by atoms with Crippen molar-refractivity contribution in [3.8, 4) is 0 Å². The normalized spacial score (nSPS) is 24.7. The minimum absolute atomic E-state index is 0.195. The number of rotatable bonds is 3. The molecule has 0 aromatic heterocycles. The molecule has 1 saturated heterocycles. The van der Waals surface area contributed by atoms with Crippen LogP contribution < -0.4 is 4.72 Å². The van der Waals surface area contributed by atoms with Gasteiger partial charge in [0.2, 0.25) is 10.0 Å². The molecule has 18 heavy (non-hydrogen) atoms. The number of nitrogens with one attached hydrogen (secondary N) is 1. The van der Waals surface area contributed by atoms with Crippen LogP contribution in [-0.4, -0.2) is 48.8 Å². The lowest BCUT2D eigenvalue weighted by Gasteiger charge is -2.35. The highest BCUT2D eigenvalue weighted by Gasteiger charge is 2.36. The van der Waals surface area contributed by atoms with E-state index < -0.39 is 28.1 Å². The lowest BCUT2D eigenvalue weighted by Crippen LogP contribution is -2.54. The van der Waals surface area contributed by atoms with Gasteiger partial charge in [0.15, 0.2) is 0 Å². The molecular formula is C10H18N2O5S. The number of hydrogen-bond donors (Lipinski definition) is 2. The van der Waals surface area contributed by atoms with E-state index in [9.17, 15) is 18.0 Å². The van der Waals surface area contributed by atoms with Crippen LogP contribution in [0.1, 0.15) is 26.7 Å². The topological polar surface area (TPSA) is 104 Å². The fourth-order valence-corrected chi connectivity index (χ4v) is 2.50. The van der Waals surface area contributed by atoms with Gasteiger partial charge < -0.3 is 5.11 Å². The van der Waals surface area contributed by atoms with E-state index in [2.05, 4.69) is 0 Å². The Labute approximate surface area is 106 Å². The zero-order chi connectivity index (χ0) is 13.9. The van der Waals surface area contributed by atoms with Gasteiger partial charge >= 0.3 is 6.09 Å². The van der Waals surface area contributed by atoms with Gasteiger partial charge in [-0.05, 0) is 25.7 Å². The lowest BCUT2D eigenvalue weighted by atomic mass is 9.92. The van der Waals surface area contributed by atoms with Gasteiger partial charge in [0.1, 0.15) is 6.04 Å². The van der Waals surface area contributed by atoms with Crippen molar-refractivity contribution in [1.29, 1.82) is 0 Å². The Bertz CT molecular complexity index is 434. The highest BCUT2D eigenvalue weighted by molar-refractivity contribution is 7.90. The van der Waals surface area contributed by atoms with Crippen LogP contribution >= 0.6 is 0 Å². The molecule has 0 spiro atoms. The molecule has 0 aliphatic carbocycles. The first-order valence-electron chi connectivity index (χ1n) is 5.80. The molecule has 0 aromatic rings. The van der Waals surface area contributed by atoms with Gasteiger partial charge in [0.05, 0.1) is 5.75 Å². The maximum Gasteiger partial charge on any atom is 0.407 e. The average molecular weight is 278 g/mol. The van der Waals surface area contributed by atoms with Crippen molar-refractivity contribution in [3.05, 3.63) is 0 Å². The molecule has 2 atom stereocenters. The number of carboxylic acid groups (broad SMARTS) is 1. The molecule has 7 nitrogen and oxygen atoms in total. The average Bonchev–Trinajstić information content (AvgIpc) is 2.28. The Morgan fingerprint density at radius 1 is 1.44 bits per heavy atom. The molecule has 1 rings (SSSR count). The molecule has 2 amide bonds. The molecule has 1 aliphatic heterocycles. The van der Waals surface area contributed by atoms with E-state index in [-0.39, 0.29) is 18.2 Å². The fraction of sp³-hybridized carbons (Fsp3) is 0.800. The van der Waals surface area contributed by atoms with Crippen molar-refractivity contribution < 1.29 is 23.1 Å². The molecule has 2 N–H and O–H groups in total. The molecular weight excluding hydrogens is 260 g/mol. The van der Waals surface area contributed by atoms with Gasteiger partial charge in [0.25, 0.3) is 5.91 Å². The number of hydrogen-bond acceptors (Lipinski definition) is 4. The largest absolute Gasteiger partial charge is 0.465 e. The summed E-state index contributed by atoms with van der Waals surface area (Å²) in [6.45, 7) is 3.57.